The van der Waals surface area contributed by atoms with Crippen molar-refractivity contribution >= 4 is 17.4 Å². The Balaban J connectivity index is 2.46. The van der Waals surface area contributed by atoms with E-state index < -0.39 is 0 Å². The Hall–Kier alpha value is -1.01. The van der Waals surface area contributed by atoms with Gasteiger partial charge in [-0.3, -0.25) is 4.79 Å². The molecule has 1 N–H and O–H groups in total. The molecule has 0 saturated carbocycles. The average molecular weight is 257 g/mol. The van der Waals surface area contributed by atoms with Gasteiger partial charge < -0.3 is 10.0 Å². The molecule has 0 fully saturated rings. The molecule has 0 saturated heterocycles. The van der Waals surface area contributed by atoms with Crippen molar-refractivity contribution in [3.05, 3.63) is 10.6 Å². The van der Waals surface area contributed by atoms with E-state index in [9.17, 15) is 4.79 Å². The lowest BCUT2D eigenvalue weighted by Crippen LogP contribution is -2.27. The van der Waals surface area contributed by atoms with Gasteiger partial charge in [-0.15, -0.1) is 5.10 Å². The quantitative estimate of drug-likeness (QED) is 0.748. The summed E-state index contributed by atoms with van der Waals surface area (Å²) in [5, 5.41) is 12.6. The van der Waals surface area contributed by atoms with Crippen molar-refractivity contribution in [3.8, 4) is 0 Å². The standard InChI is InChI=1S/C11H19N3O2S/c1-3-9-10(17-13-12-9)11(16)14(2)7-5-4-6-8-15/h15H,3-8H2,1-2H3. The maximum absolute atomic E-state index is 12.1. The number of hydrogen-bond donors (Lipinski definition) is 1. The lowest BCUT2D eigenvalue weighted by atomic mass is 10.2. The van der Waals surface area contributed by atoms with Crippen molar-refractivity contribution in [1.29, 1.82) is 0 Å². The Labute approximate surface area is 106 Å². The van der Waals surface area contributed by atoms with Crippen LogP contribution in [0.5, 0.6) is 0 Å². The summed E-state index contributed by atoms with van der Waals surface area (Å²) in [6, 6.07) is 0. The van der Waals surface area contributed by atoms with Gasteiger partial charge >= 0.3 is 0 Å². The maximum Gasteiger partial charge on any atom is 0.267 e. The first-order valence-corrected chi connectivity index (χ1v) is 6.65. The highest BCUT2D eigenvalue weighted by molar-refractivity contribution is 7.07. The molecule has 0 aliphatic rings. The summed E-state index contributed by atoms with van der Waals surface area (Å²) < 4.78 is 3.82. The number of nitrogens with zero attached hydrogens (tertiary/aromatic N) is 3. The van der Waals surface area contributed by atoms with E-state index in [2.05, 4.69) is 9.59 Å². The lowest BCUT2D eigenvalue weighted by Gasteiger charge is -2.16. The molecule has 6 heteroatoms. The molecule has 17 heavy (non-hydrogen) atoms. The third-order valence-electron chi connectivity index (χ3n) is 2.58. The van der Waals surface area contributed by atoms with Crippen molar-refractivity contribution in [2.24, 2.45) is 0 Å². The molecule has 0 aliphatic heterocycles. The van der Waals surface area contributed by atoms with E-state index in [1.54, 1.807) is 11.9 Å². The number of aliphatic hydroxyl groups is 1. The topological polar surface area (TPSA) is 66.3 Å². The zero-order chi connectivity index (χ0) is 12.7. The molecule has 0 aromatic carbocycles. The summed E-state index contributed by atoms with van der Waals surface area (Å²) in [6.45, 7) is 2.89. The Morgan fingerprint density at radius 2 is 2.18 bits per heavy atom. The van der Waals surface area contributed by atoms with Crippen LogP contribution in [0.15, 0.2) is 0 Å². The van der Waals surface area contributed by atoms with Crippen LogP contribution in [-0.2, 0) is 6.42 Å². The van der Waals surface area contributed by atoms with Gasteiger partial charge in [0, 0.05) is 20.2 Å². The normalized spacial score (nSPS) is 10.5. The predicted molar refractivity (Wildman–Crippen MR) is 67.2 cm³/mol. The monoisotopic (exact) mass is 257 g/mol. The van der Waals surface area contributed by atoms with Gasteiger partial charge in [-0.1, -0.05) is 11.4 Å². The summed E-state index contributed by atoms with van der Waals surface area (Å²) in [6.07, 6.45) is 3.38. The highest BCUT2D eigenvalue weighted by Crippen LogP contribution is 2.14. The Morgan fingerprint density at radius 3 is 2.82 bits per heavy atom. The first-order valence-electron chi connectivity index (χ1n) is 5.88. The molecule has 0 spiro atoms. The van der Waals surface area contributed by atoms with E-state index in [-0.39, 0.29) is 12.5 Å². The van der Waals surface area contributed by atoms with Gasteiger partial charge in [-0.25, -0.2) is 0 Å². The molecule has 1 aromatic rings. The van der Waals surface area contributed by atoms with Gasteiger partial charge in [0.05, 0.1) is 5.69 Å². The minimum Gasteiger partial charge on any atom is -0.396 e. The minimum atomic E-state index is 0.000786. The van der Waals surface area contributed by atoms with E-state index in [1.165, 1.54) is 0 Å². The summed E-state index contributed by atoms with van der Waals surface area (Å²) >= 11 is 1.16. The molecule has 1 aromatic heterocycles. The van der Waals surface area contributed by atoms with Gasteiger partial charge in [0.25, 0.3) is 5.91 Å². The SMILES string of the molecule is CCc1nnsc1C(=O)N(C)CCCCCO. The Kier molecular flexibility index (Phi) is 6.07. The number of aryl methyl sites for hydroxylation is 1. The molecular weight excluding hydrogens is 238 g/mol. The summed E-state index contributed by atoms with van der Waals surface area (Å²) in [5.74, 6) is 0.000786. The van der Waals surface area contributed by atoms with Gasteiger partial charge in [0.1, 0.15) is 4.88 Å². The van der Waals surface area contributed by atoms with Crippen LogP contribution in [-0.4, -0.2) is 45.7 Å². The highest BCUT2D eigenvalue weighted by atomic mass is 32.1. The molecule has 0 radical (unpaired) electrons. The van der Waals surface area contributed by atoms with Crippen LogP contribution in [0.4, 0.5) is 0 Å². The Bertz CT molecular complexity index is 354. The lowest BCUT2D eigenvalue weighted by molar-refractivity contribution is 0.0795. The van der Waals surface area contributed by atoms with E-state index in [0.29, 0.717) is 11.4 Å². The second-order valence-electron chi connectivity index (χ2n) is 3.91. The van der Waals surface area contributed by atoms with Crippen molar-refractivity contribution in [1.82, 2.24) is 14.5 Å². The predicted octanol–water partition coefficient (Wildman–Crippen LogP) is 1.34. The third-order valence-corrected chi connectivity index (χ3v) is 3.34. The third kappa shape index (κ3) is 4.05. The average Bonchev–Trinajstić information content (AvgIpc) is 2.81. The number of carbonyl (C=O) groups excluding carboxylic acids is 1. The van der Waals surface area contributed by atoms with Crippen LogP contribution in [0.25, 0.3) is 0 Å². The first-order chi connectivity index (χ1) is 8.20. The summed E-state index contributed by atoms with van der Waals surface area (Å²) in [7, 11) is 1.79. The van der Waals surface area contributed by atoms with Crippen molar-refractivity contribution in [2.45, 2.75) is 32.6 Å². The van der Waals surface area contributed by atoms with Crippen LogP contribution in [0.2, 0.25) is 0 Å². The van der Waals surface area contributed by atoms with Crippen molar-refractivity contribution < 1.29 is 9.90 Å². The van der Waals surface area contributed by atoms with Crippen LogP contribution in [0.1, 0.15) is 41.6 Å². The smallest absolute Gasteiger partial charge is 0.267 e. The molecule has 0 bridgehead atoms. The zero-order valence-electron chi connectivity index (χ0n) is 10.3. The minimum absolute atomic E-state index is 0.000786. The second-order valence-corrected chi connectivity index (χ2v) is 4.67. The molecule has 0 unspecified atom stereocenters. The summed E-state index contributed by atoms with van der Waals surface area (Å²) in [5.41, 5.74) is 0.780. The van der Waals surface area contributed by atoms with Crippen molar-refractivity contribution in [2.75, 3.05) is 20.2 Å². The largest absolute Gasteiger partial charge is 0.396 e. The van der Waals surface area contributed by atoms with Crippen LogP contribution in [0, 0.1) is 0 Å². The summed E-state index contributed by atoms with van der Waals surface area (Å²) in [4.78, 5) is 14.4. The fourth-order valence-corrected chi connectivity index (χ4v) is 2.26. The first kappa shape index (κ1) is 14.1. The zero-order valence-corrected chi connectivity index (χ0v) is 11.2. The van der Waals surface area contributed by atoms with Crippen LogP contribution < -0.4 is 0 Å². The molecule has 1 heterocycles. The van der Waals surface area contributed by atoms with E-state index in [4.69, 9.17) is 5.11 Å². The van der Waals surface area contributed by atoms with Gasteiger partial charge in [-0.05, 0) is 37.2 Å². The number of hydrogen-bond acceptors (Lipinski definition) is 5. The number of unbranched alkanes of at least 4 members (excludes halogenated alkanes) is 2. The molecular formula is C11H19N3O2S. The number of aromatic nitrogens is 2. The molecule has 5 nitrogen and oxygen atoms in total. The Morgan fingerprint density at radius 1 is 1.41 bits per heavy atom. The molecule has 0 aliphatic carbocycles. The van der Waals surface area contributed by atoms with E-state index in [1.807, 2.05) is 6.92 Å². The number of carbonyl (C=O) groups is 1. The fraction of sp³-hybridized carbons (Fsp3) is 0.727. The fourth-order valence-electron chi connectivity index (χ4n) is 1.51. The molecule has 1 rings (SSSR count). The van der Waals surface area contributed by atoms with Crippen LogP contribution >= 0.6 is 11.5 Å². The number of aliphatic hydroxyl groups excluding tert-OH is 1. The molecule has 96 valence electrons. The number of rotatable bonds is 7. The van der Waals surface area contributed by atoms with Gasteiger partial charge in [-0.2, -0.15) is 0 Å². The van der Waals surface area contributed by atoms with E-state index in [0.717, 1.165) is 42.9 Å². The van der Waals surface area contributed by atoms with Crippen LogP contribution in [0.3, 0.4) is 0 Å². The van der Waals surface area contributed by atoms with Crippen molar-refractivity contribution in [3.63, 3.8) is 0 Å². The molecule has 1 amide bonds. The number of amides is 1. The maximum atomic E-state index is 12.1. The highest BCUT2D eigenvalue weighted by Gasteiger charge is 2.18. The second kappa shape index (κ2) is 7.34. The van der Waals surface area contributed by atoms with E-state index >= 15 is 0 Å². The van der Waals surface area contributed by atoms with Gasteiger partial charge in [0.15, 0.2) is 0 Å². The molecule has 0 atom stereocenters. The van der Waals surface area contributed by atoms with Gasteiger partial charge in [0.2, 0.25) is 0 Å².